The number of carbonyl (C=O) groups is 1. The summed E-state index contributed by atoms with van der Waals surface area (Å²) < 4.78 is 0.734. The number of benzene rings is 1. The number of amides is 1. The van der Waals surface area contributed by atoms with E-state index in [0.717, 1.165) is 4.47 Å². The molecule has 2 N–H and O–H groups in total. The molecule has 0 aliphatic carbocycles. The Kier molecular flexibility index (Phi) is 4.91. The van der Waals surface area contributed by atoms with Crippen LogP contribution in [-0.4, -0.2) is 23.4 Å². The Labute approximate surface area is 102 Å². The quantitative estimate of drug-likeness (QED) is 0.662. The van der Waals surface area contributed by atoms with Crippen LogP contribution in [0.15, 0.2) is 22.7 Å². The Morgan fingerprint density at radius 3 is 2.87 bits per heavy atom. The van der Waals surface area contributed by atoms with Crippen LogP contribution in [0.25, 0.3) is 0 Å². The van der Waals surface area contributed by atoms with E-state index in [1.165, 1.54) is 6.07 Å². The van der Waals surface area contributed by atoms with E-state index < -0.39 is 0 Å². The van der Waals surface area contributed by atoms with Crippen LogP contribution in [0.1, 0.15) is 16.8 Å². The molecule has 3 nitrogen and oxygen atoms in total. The summed E-state index contributed by atoms with van der Waals surface area (Å²) in [6.07, 6.45) is 0.713. The van der Waals surface area contributed by atoms with Gasteiger partial charge in [0.2, 0.25) is 0 Å². The summed E-state index contributed by atoms with van der Waals surface area (Å²) >= 11 is 8.68. The molecule has 0 heterocycles. The first-order valence-electron chi connectivity index (χ1n) is 4.48. The molecular formula is C10H11BrClNO2. The summed E-state index contributed by atoms with van der Waals surface area (Å²) in [6, 6.07) is 4.75. The Bertz CT molecular complexity index is 357. The molecule has 0 radical (unpaired) electrons. The molecular weight excluding hydrogens is 281 g/mol. The van der Waals surface area contributed by atoms with Crippen LogP contribution in [0.2, 0.25) is 0 Å². The largest absolute Gasteiger partial charge is 0.507 e. The Balaban J connectivity index is 2.65. The van der Waals surface area contributed by atoms with Gasteiger partial charge in [-0.1, -0.05) is 15.9 Å². The minimum Gasteiger partial charge on any atom is -0.507 e. The predicted molar refractivity (Wildman–Crippen MR) is 63.5 cm³/mol. The van der Waals surface area contributed by atoms with Gasteiger partial charge in [-0.2, -0.15) is 0 Å². The van der Waals surface area contributed by atoms with Gasteiger partial charge in [0.05, 0.1) is 5.56 Å². The summed E-state index contributed by atoms with van der Waals surface area (Å²) in [4.78, 5) is 11.5. The maximum absolute atomic E-state index is 11.5. The van der Waals surface area contributed by atoms with E-state index in [0.29, 0.717) is 18.8 Å². The lowest BCUT2D eigenvalue weighted by atomic mass is 10.2. The van der Waals surface area contributed by atoms with E-state index >= 15 is 0 Å². The number of rotatable bonds is 4. The van der Waals surface area contributed by atoms with Gasteiger partial charge in [-0.15, -0.1) is 11.6 Å². The third-order valence-corrected chi connectivity index (χ3v) is 2.56. The molecule has 0 unspecified atom stereocenters. The predicted octanol–water partition coefficient (Wildman–Crippen LogP) is 2.51. The van der Waals surface area contributed by atoms with Gasteiger partial charge in [-0.05, 0) is 24.6 Å². The highest BCUT2D eigenvalue weighted by molar-refractivity contribution is 9.10. The first kappa shape index (κ1) is 12.3. The van der Waals surface area contributed by atoms with Gasteiger partial charge < -0.3 is 10.4 Å². The fourth-order valence-electron chi connectivity index (χ4n) is 1.06. The fourth-order valence-corrected chi connectivity index (χ4v) is 1.54. The number of halogens is 2. The highest BCUT2D eigenvalue weighted by atomic mass is 79.9. The zero-order valence-corrected chi connectivity index (χ0v) is 10.3. The van der Waals surface area contributed by atoms with Crippen molar-refractivity contribution in [2.45, 2.75) is 6.42 Å². The van der Waals surface area contributed by atoms with Gasteiger partial charge in [0.25, 0.3) is 5.91 Å². The molecule has 0 atom stereocenters. The van der Waals surface area contributed by atoms with Crippen LogP contribution >= 0.6 is 27.5 Å². The molecule has 15 heavy (non-hydrogen) atoms. The average molecular weight is 293 g/mol. The topological polar surface area (TPSA) is 49.3 Å². The van der Waals surface area contributed by atoms with Crippen molar-refractivity contribution < 1.29 is 9.90 Å². The van der Waals surface area contributed by atoms with Gasteiger partial charge in [-0.3, -0.25) is 4.79 Å². The van der Waals surface area contributed by atoms with Crippen LogP contribution in [0.4, 0.5) is 0 Å². The average Bonchev–Trinajstić information content (AvgIpc) is 2.17. The van der Waals surface area contributed by atoms with Crippen LogP contribution in [0.5, 0.6) is 5.75 Å². The van der Waals surface area contributed by atoms with E-state index in [2.05, 4.69) is 21.2 Å². The molecule has 0 saturated heterocycles. The molecule has 5 heteroatoms. The number of carbonyl (C=O) groups excluding carboxylic acids is 1. The first-order valence-corrected chi connectivity index (χ1v) is 5.80. The lowest BCUT2D eigenvalue weighted by molar-refractivity contribution is 0.0951. The molecule has 0 aliphatic heterocycles. The molecule has 0 aromatic heterocycles. The SMILES string of the molecule is O=C(NCCCCl)c1ccc(Br)cc1O. The molecule has 1 aromatic rings. The minimum absolute atomic E-state index is 0.0345. The summed E-state index contributed by atoms with van der Waals surface area (Å²) in [5.74, 6) is 0.185. The molecule has 82 valence electrons. The van der Waals surface area contributed by atoms with Gasteiger partial charge >= 0.3 is 0 Å². The molecule has 1 amide bonds. The first-order chi connectivity index (χ1) is 7.15. The van der Waals surface area contributed by atoms with Crippen molar-refractivity contribution in [3.8, 4) is 5.75 Å². The van der Waals surface area contributed by atoms with Crippen molar-refractivity contribution in [3.05, 3.63) is 28.2 Å². The summed E-state index contributed by atoms with van der Waals surface area (Å²) in [7, 11) is 0. The number of phenols is 1. The van der Waals surface area contributed by atoms with Gasteiger partial charge in [-0.25, -0.2) is 0 Å². The van der Waals surface area contributed by atoms with Crippen molar-refractivity contribution >= 4 is 33.4 Å². The monoisotopic (exact) mass is 291 g/mol. The zero-order valence-electron chi connectivity index (χ0n) is 7.96. The number of aromatic hydroxyl groups is 1. The zero-order chi connectivity index (χ0) is 11.3. The van der Waals surface area contributed by atoms with Crippen LogP contribution in [-0.2, 0) is 0 Å². The van der Waals surface area contributed by atoms with Gasteiger partial charge in [0.1, 0.15) is 5.75 Å². The molecule has 0 saturated carbocycles. The second-order valence-electron chi connectivity index (χ2n) is 2.96. The maximum Gasteiger partial charge on any atom is 0.255 e. The van der Waals surface area contributed by atoms with E-state index in [4.69, 9.17) is 11.6 Å². The molecule has 0 bridgehead atoms. The van der Waals surface area contributed by atoms with Crippen molar-refractivity contribution in [1.29, 1.82) is 0 Å². The second-order valence-corrected chi connectivity index (χ2v) is 4.25. The maximum atomic E-state index is 11.5. The minimum atomic E-state index is -0.287. The third kappa shape index (κ3) is 3.72. The normalized spacial score (nSPS) is 10.0. The number of hydrogen-bond donors (Lipinski definition) is 2. The van der Waals surface area contributed by atoms with E-state index in [9.17, 15) is 9.90 Å². The number of nitrogens with one attached hydrogen (secondary N) is 1. The number of hydrogen-bond acceptors (Lipinski definition) is 2. The van der Waals surface area contributed by atoms with Crippen molar-refractivity contribution in [2.75, 3.05) is 12.4 Å². The van der Waals surface area contributed by atoms with Gasteiger partial charge in [0, 0.05) is 16.9 Å². The summed E-state index contributed by atoms with van der Waals surface area (Å²) in [5, 5.41) is 12.2. The lowest BCUT2D eigenvalue weighted by Gasteiger charge is -2.05. The standard InChI is InChI=1S/C10H11BrClNO2/c11-7-2-3-8(9(14)6-7)10(15)13-5-1-4-12/h2-3,6,14H,1,4-5H2,(H,13,15). The molecule has 0 aliphatic rings. The molecule has 0 fully saturated rings. The summed E-state index contributed by atoms with van der Waals surface area (Å²) in [6.45, 7) is 0.512. The number of phenolic OH excluding ortho intramolecular Hbond substituents is 1. The van der Waals surface area contributed by atoms with E-state index in [-0.39, 0.29) is 17.2 Å². The van der Waals surface area contributed by atoms with Crippen molar-refractivity contribution in [1.82, 2.24) is 5.32 Å². The summed E-state index contributed by atoms with van der Waals surface area (Å²) in [5.41, 5.74) is 0.271. The third-order valence-electron chi connectivity index (χ3n) is 1.80. The Morgan fingerprint density at radius 1 is 1.53 bits per heavy atom. The second kappa shape index (κ2) is 5.98. The van der Waals surface area contributed by atoms with Crippen molar-refractivity contribution in [2.24, 2.45) is 0 Å². The molecule has 1 aromatic carbocycles. The lowest BCUT2D eigenvalue weighted by Crippen LogP contribution is -2.24. The van der Waals surface area contributed by atoms with Crippen LogP contribution in [0, 0.1) is 0 Å². The fraction of sp³-hybridized carbons (Fsp3) is 0.300. The van der Waals surface area contributed by atoms with E-state index in [1.807, 2.05) is 0 Å². The highest BCUT2D eigenvalue weighted by Crippen LogP contribution is 2.21. The highest BCUT2D eigenvalue weighted by Gasteiger charge is 2.09. The number of alkyl halides is 1. The van der Waals surface area contributed by atoms with Crippen LogP contribution in [0.3, 0.4) is 0 Å². The van der Waals surface area contributed by atoms with E-state index in [1.54, 1.807) is 12.1 Å². The Hall–Kier alpha value is -0.740. The smallest absolute Gasteiger partial charge is 0.255 e. The van der Waals surface area contributed by atoms with Gasteiger partial charge in [0.15, 0.2) is 0 Å². The molecule has 0 spiro atoms. The molecule has 1 rings (SSSR count). The van der Waals surface area contributed by atoms with Crippen molar-refractivity contribution in [3.63, 3.8) is 0 Å². The van der Waals surface area contributed by atoms with Crippen LogP contribution < -0.4 is 5.32 Å². The Morgan fingerprint density at radius 2 is 2.27 bits per heavy atom.